The van der Waals surface area contributed by atoms with Crippen LogP contribution in [0, 0.1) is 4.91 Å². The molecule has 0 bridgehead atoms. The molecule has 3 aromatic carbocycles. The Morgan fingerprint density at radius 2 is 1.53 bits per heavy atom. The van der Waals surface area contributed by atoms with Crippen molar-refractivity contribution < 1.29 is 23.1 Å². The molecule has 0 saturated carbocycles. The Hall–Kier alpha value is -4.05. The number of nitrogens with one attached hydrogen (secondary N) is 2. The van der Waals surface area contributed by atoms with Gasteiger partial charge in [-0.05, 0) is 65.8 Å². The highest BCUT2D eigenvalue weighted by atomic mass is 32.2. The van der Waals surface area contributed by atoms with Crippen molar-refractivity contribution in [3.63, 3.8) is 0 Å². The second-order valence-electron chi connectivity index (χ2n) is 6.11. The molecule has 0 atom stereocenters. The molecule has 30 heavy (non-hydrogen) atoms. The largest absolute Gasteiger partial charge is 0.478 e. The van der Waals surface area contributed by atoms with Gasteiger partial charge in [0.25, 0.3) is 15.9 Å². The maximum Gasteiger partial charge on any atom is 0.335 e. The van der Waals surface area contributed by atoms with Crippen molar-refractivity contribution in [3.8, 4) is 0 Å². The lowest BCUT2D eigenvalue weighted by atomic mass is 10.2. The summed E-state index contributed by atoms with van der Waals surface area (Å²) in [5.41, 5.74) is 0.756. The number of hydrogen-bond donors (Lipinski definition) is 3. The maximum absolute atomic E-state index is 12.6. The molecule has 1 amide bonds. The first-order chi connectivity index (χ1) is 14.3. The minimum absolute atomic E-state index is 0.0189. The number of carbonyl (C=O) groups excluding carboxylic acids is 1. The average Bonchev–Trinajstić information content (AvgIpc) is 2.74. The van der Waals surface area contributed by atoms with Gasteiger partial charge in [0.1, 0.15) is 5.69 Å². The van der Waals surface area contributed by atoms with Crippen LogP contribution < -0.4 is 10.0 Å². The zero-order valence-corrected chi connectivity index (χ0v) is 16.1. The number of benzene rings is 3. The van der Waals surface area contributed by atoms with E-state index in [1.165, 1.54) is 60.7 Å². The number of nitrogens with zero attached hydrogens (tertiary/aromatic N) is 1. The second kappa shape index (κ2) is 8.53. The molecule has 0 aliphatic rings. The van der Waals surface area contributed by atoms with Crippen LogP contribution in [-0.4, -0.2) is 25.4 Å². The molecule has 3 N–H and O–H groups in total. The van der Waals surface area contributed by atoms with Gasteiger partial charge in [-0.1, -0.05) is 12.1 Å². The number of carboxylic acid groups (broad SMARTS) is 1. The van der Waals surface area contributed by atoms with Gasteiger partial charge in [-0.15, -0.1) is 4.91 Å². The van der Waals surface area contributed by atoms with Gasteiger partial charge in [-0.3, -0.25) is 9.52 Å². The predicted molar refractivity (Wildman–Crippen MR) is 111 cm³/mol. The van der Waals surface area contributed by atoms with Crippen LogP contribution in [0.5, 0.6) is 0 Å². The molecule has 0 spiro atoms. The molecule has 0 saturated heterocycles. The fraction of sp³-hybridized carbons (Fsp3) is 0. The molecule has 0 aliphatic carbocycles. The zero-order chi connectivity index (χ0) is 21.7. The number of amides is 1. The van der Waals surface area contributed by atoms with Crippen LogP contribution in [0.15, 0.2) is 82.9 Å². The Morgan fingerprint density at radius 1 is 0.833 bits per heavy atom. The molecular formula is C20H15N3O6S. The summed E-state index contributed by atoms with van der Waals surface area (Å²) < 4.78 is 27.6. The van der Waals surface area contributed by atoms with Gasteiger partial charge >= 0.3 is 5.97 Å². The summed E-state index contributed by atoms with van der Waals surface area (Å²) in [7, 11) is -4.02. The molecule has 0 unspecified atom stereocenters. The molecule has 10 heteroatoms. The molecule has 3 rings (SSSR count). The van der Waals surface area contributed by atoms with Gasteiger partial charge in [-0.25, -0.2) is 13.2 Å². The monoisotopic (exact) mass is 425 g/mol. The molecular weight excluding hydrogens is 410 g/mol. The fourth-order valence-corrected chi connectivity index (χ4v) is 3.65. The lowest BCUT2D eigenvalue weighted by Gasteiger charge is -2.10. The van der Waals surface area contributed by atoms with Crippen molar-refractivity contribution in [2.45, 2.75) is 4.90 Å². The lowest BCUT2D eigenvalue weighted by Crippen LogP contribution is -2.16. The van der Waals surface area contributed by atoms with Gasteiger partial charge in [0.05, 0.1) is 10.5 Å². The van der Waals surface area contributed by atoms with E-state index >= 15 is 0 Å². The minimum atomic E-state index is -4.02. The van der Waals surface area contributed by atoms with Crippen molar-refractivity contribution >= 4 is 39.0 Å². The number of rotatable bonds is 7. The van der Waals surface area contributed by atoms with Crippen LogP contribution in [0.25, 0.3) is 0 Å². The summed E-state index contributed by atoms with van der Waals surface area (Å²) in [6.07, 6.45) is 0. The normalized spacial score (nSPS) is 10.8. The van der Waals surface area contributed by atoms with E-state index in [0.717, 1.165) is 0 Å². The van der Waals surface area contributed by atoms with Crippen LogP contribution in [0.3, 0.4) is 0 Å². The number of anilines is 2. The average molecular weight is 425 g/mol. The number of carboxylic acids is 1. The summed E-state index contributed by atoms with van der Waals surface area (Å²) in [5.74, 6) is -1.70. The third kappa shape index (κ3) is 4.86. The first kappa shape index (κ1) is 20.7. The molecule has 0 aromatic heterocycles. The Kier molecular flexibility index (Phi) is 5.88. The highest BCUT2D eigenvalue weighted by Crippen LogP contribution is 2.20. The van der Waals surface area contributed by atoms with Crippen LogP contribution in [0.2, 0.25) is 0 Å². The van der Waals surface area contributed by atoms with Gasteiger partial charge in [-0.2, -0.15) is 0 Å². The summed E-state index contributed by atoms with van der Waals surface area (Å²) in [6.45, 7) is 0. The maximum atomic E-state index is 12.6. The number of aromatic carboxylic acids is 1. The minimum Gasteiger partial charge on any atom is -0.478 e. The summed E-state index contributed by atoms with van der Waals surface area (Å²) in [5, 5.41) is 14.3. The van der Waals surface area contributed by atoms with Crippen molar-refractivity contribution in [1.29, 1.82) is 0 Å². The summed E-state index contributed by atoms with van der Waals surface area (Å²) >= 11 is 0. The predicted octanol–water partition coefficient (Wildman–Crippen LogP) is 3.84. The zero-order valence-electron chi connectivity index (χ0n) is 15.3. The van der Waals surface area contributed by atoms with Gasteiger partial charge in [0, 0.05) is 16.9 Å². The van der Waals surface area contributed by atoms with Crippen LogP contribution >= 0.6 is 0 Å². The molecule has 9 nitrogen and oxygen atoms in total. The van der Waals surface area contributed by atoms with Crippen molar-refractivity contribution in [3.05, 3.63) is 88.8 Å². The van der Waals surface area contributed by atoms with Crippen LogP contribution in [0.4, 0.5) is 17.1 Å². The Balaban J connectivity index is 1.79. The molecule has 0 aliphatic heterocycles. The van der Waals surface area contributed by atoms with E-state index in [1.54, 1.807) is 12.1 Å². The van der Waals surface area contributed by atoms with Crippen molar-refractivity contribution in [1.82, 2.24) is 0 Å². The number of hydrogen-bond acceptors (Lipinski definition) is 6. The van der Waals surface area contributed by atoms with Crippen molar-refractivity contribution in [2.75, 3.05) is 10.0 Å². The van der Waals surface area contributed by atoms with Gasteiger partial charge in [0.2, 0.25) is 0 Å². The second-order valence-corrected chi connectivity index (χ2v) is 7.79. The molecule has 0 fully saturated rings. The van der Waals surface area contributed by atoms with E-state index in [1.807, 2.05) is 0 Å². The fourth-order valence-electron chi connectivity index (χ4n) is 2.54. The topological polar surface area (TPSA) is 142 Å². The number of nitroso groups, excluding NO2 is 1. The number of sulfonamides is 1. The van der Waals surface area contributed by atoms with E-state index in [9.17, 15) is 22.9 Å². The van der Waals surface area contributed by atoms with Crippen LogP contribution in [0.1, 0.15) is 20.7 Å². The highest BCUT2D eigenvalue weighted by Gasteiger charge is 2.17. The summed E-state index contributed by atoms with van der Waals surface area (Å²) in [6, 6.07) is 16.5. The number of carbonyl (C=O) groups is 2. The van der Waals surface area contributed by atoms with Crippen LogP contribution in [-0.2, 0) is 10.0 Å². The molecule has 0 radical (unpaired) electrons. The molecule has 0 heterocycles. The van der Waals surface area contributed by atoms with Gasteiger partial charge in [0.15, 0.2) is 0 Å². The van der Waals surface area contributed by atoms with E-state index in [4.69, 9.17) is 5.11 Å². The first-order valence-electron chi connectivity index (χ1n) is 8.49. The Labute approximate surface area is 171 Å². The smallest absolute Gasteiger partial charge is 0.335 e. The third-order valence-corrected chi connectivity index (χ3v) is 5.38. The summed E-state index contributed by atoms with van der Waals surface area (Å²) in [4.78, 5) is 33.8. The van der Waals surface area contributed by atoms with E-state index in [2.05, 4.69) is 15.2 Å². The van der Waals surface area contributed by atoms with E-state index < -0.39 is 21.9 Å². The van der Waals surface area contributed by atoms with Gasteiger partial charge < -0.3 is 10.4 Å². The molecule has 152 valence electrons. The SMILES string of the molecule is O=Nc1cccc(NC(=O)c2cccc(S(=O)(=O)Nc3ccc(C(=O)O)cc3)c2)c1. The highest BCUT2D eigenvalue weighted by molar-refractivity contribution is 7.92. The van der Waals surface area contributed by atoms with Crippen molar-refractivity contribution in [2.24, 2.45) is 5.18 Å². The first-order valence-corrected chi connectivity index (χ1v) is 9.98. The quantitative estimate of drug-likeness (QED) is 0.491. The Morgan fingerprint density at radius 3 is 2.20 bits per heavy atom. The van der Waals surface area contributed by atoms with E-state index in [-0.39, 0.29) is 27.4 Å². The standard InChI is InChI=1S/C20H15N3O6S/c24-19(21-16-4-2-5-17(12-16)22-27)14-3-1-6-18(11-14)30(28,29)23-15-9-7-13(8-10-15)20(25)26/h1-12,23H,(H,21,24)(H,25,26). The Bertz CT molecular complexity index is 1220. The molecule has 3 aromatic rings. The van der Waals surface area contributed by atoms with E-state index in [0.29, 0.717) is 5.69 Å². The lowest BCUT2D eigenvalue weighted by molar-refractivity contribution is 0.0696. The third-order valence-electron chi connectivity index (χ3n) is 4.00.